The molecule has 0 unspecified atom stereocenters. The lowest BCUT2D eigenvalue weighted by molar-refractivity contribution is 1.42. The first-order valence-corrected chi connectivity index (χ1v) is 7.79. The standard InChI is InChI=1S/C19H14N2S/c1-14(11-15-7-3-2-4-8-15)12-16(13-20)19-21-17-9-5-6-10-18(17)22-19/h2-12H,1H3. The first kappa shape index (κ1) is 14.2. The molecule has 1 aromatic heterocycles. The second-order valence-electron chi connectivity index (χ2n) is 4.96. The minimum absolute atomic E-state index is 0.603. The van der Waals surface area contributed by atoms with Gasteiger partial charge in [0.05, 0.1) is 15.8 Å². The molecule has 0 amide bonds. The van der Waals surface area contributed by atoms with Crippen LogP contribution in [0.15, 0.2) is 66.2 Å². The van der Waals surface area contributed by atoms with Gasteiger partial charge in [0.1, 0.15) is 11.1 Å². The molecule has 0 aliphatic rings. The van der Waals surface area contributed by atoms with Crippen LogP contribution in [0, 0.1) is 11.3 Å². The van der Waals surface area contributed by atoms with Crippen molar-refractivity contribution >= 4 is 33.2 Å². The Hall–Kier alpha value is -2.70. The van der Waals surface area contributed by atoms with E-state index in [1.54, 1.807) is 11.3 Å². The molecule has 2 aromatic carbocycles. The molecule has 22 heavy (non-hydrogen) atoms. The molecule has 106 valence electrons. The zero-order chi connectivity index (χ0) is 15.4. The van der Waals surface area contributed by atoms with Crippen molar-refractivity contribution in [3.05, 3.63) is 76.8 Å². The molecule has 0 N–H and O–H groups in total. The minimum atomic E-state index is 0.603. The van der Waals surface area contributed by atoms with E-state index in [4.69, 9.17) is 0 Å². The zero-order valence-corrected chi connectivity index (χ0v) is 13.0. The predicted molar refractivity (Wildman–Crippen MR) is 93.3 cm³/mol. The van der Waals surface area contributed by atoms with Gasteiger partial charge in [-0.05, 0) is 36.3 Å². The molecule has 0 atom stereocenters. The Morgan fingerprint density at radius 1 is 1.09 bits per heavy atom. The number of para-hydroxylation sites is 1. The summed E-state index contributed by atoms with van der Waals surface area (Å²) in [5.41, 5.74) is 3.69. The SMILES string of the molecule is CC(=Cc1ccccc1)C=C(C#N)c1nc2ccccc2s1. The van der Waals surface area contributed by atoms with Crippen LogP contribution in [0.5, 0.6) is 0 Å². The Balaban J connectivity index is 1.96. The summed E-state index contributed by atoms with van der Waals surface area (Å²) in [4.78, 5) is 4.54. The van der Waals surface area contributed by atoms with Gasteiger partial charge in [0, 0.05) is 0 Å². The summed E-state index contributed by atoms with van der Waals surface area (Å²) in [6.45, 7) is 2.00. The van der Waals surface area contributed by atoms with Crippen molar-refractivity contribution in [1.29, 1.82) is 5.26 Å². The number of nitrogens with zero attached hydrogens (tertiary/aromatic N) is 2. The van der Waals surface area contributed by atoms with Gasteiger partial charge >= 0.3 is 0 Å². The van der Waals surface area contributed by atoms with Crippen LogP contribution in [0.4, 0.5) is 0 Å². The van der Waals surface area contributed by atoms with Gasteiger partial charge in [0.2, 0.25) is 0 Å². The molecule has 0 radical (unpaired) electrons. The van der Waals surface area contributed by atoms with Gasteiger partial charge in [-0.25, -0.2) is 4.98 Å². The first-order valence-electron chi connectivity index (χ1n) is 6.97. The molecule has 3 rings (SSSR count). The van der Waals surface area contributed by atoms with E-state index >= 15 is 0 Å². The van der Waals surface area contributed by atoms with Crippen LogP contribution in [0.25, 0.3) is 21.9 Å². The van der Waals surface area contributed by atoms with E-state index in [2.05, 4.69) is 17.1 Å². The van der Waals surface area contributed by atoms with Gasteiger partial charge < -0.3 is 0 Å². The second-order valence-corrected chi connectivity index (χ2v) is 5.99. The average molecular weight is 302 g/mol. The van der Waals surface area contributed by atoms with Crippen molar-refractivity contribution in [1.82, 2.24) is 4.98 Å². The zero-order valence-electron chi connectivity index (χ0n) is 12.2. The highest BCUT2D eigenvalue weighted by Gasteiger charge is 2.08. The summed E-state index contributed by atoms with van der Waals surface area (Å²) >= 11 is 1.55. The van der Waals surface area contributed by atoms with Crippen LogP contribution < -0.4 is 0 Å². The lowest BCUT2D eigenvalue weighted by Gasteiger charge is -1.96. The van der Waals surface area contributed by atoms with E-state index in [-0.39, 0.29) is 0 Å². The molecule has 1 heterocycles. The molecule has 0 aliphatic heterocycles. The molecule has 0 bridgehead atoms. The molecular weight excluding hydrogens is 288 g/mol. The fraction of sp³-hybridized carbons (Fsp3) is 0.0526. The molecular formula is C19H14N2S. The Morgan fingerprint density at radius 3 is 2.55 bits per heavy atom. The monoisotopic (exact) mass is 302 g/mol. The lowest BCUT2D eigenvalue weighted by atomic mass is 10.1. The number of fused-ring (bicyclic) bond motifs is 1. The van der Waals surface area contributed by atoms with Crippen LogP contribution in [0.1, 0.15) is 17.5 Å². The predicted octanol–water partition coefficient (Wildman–Crippen LogP) is 5.31. The maximum atomic E-state index is 9.44. The van der Waals surface area contributed by atoms with Gasteiger partial charge in [-0.3, -0.25) is 0 Å². The van der Waals surface area contributed by atoms with Crippen LogP contribution >= 0.6 is 11.3 Å². The quantitative estimate of drug-likeness (QED) is 0.486. The third kappa shape index (κ3) is 3.13. The van der Waals surface area contributed by atoms with E-state index in [0.717, 1.165) is 26.4 Å². The van der Waals surface area contributed by atoms with Gasteiger partial charge in [0.15, 0.2) is 0 Å². The van der Waals surface area contributed by atoms with Crippen molar-refractivity contribution in [2.45, 2.75) is 6.92 Å². The number of thiazole rings is 1. The lowest BCUT2D eigenvalue weighted by Crippen LogP contribution is -1.81. The van der Waals surface area contributed by atoms with Crippen LogP contribution in [0.2, 0.25) is 0 Å². The van der Waals surface area contributed by atoms with Crippen LogP contribution in [-0.4, -0.2) is 4.98 Å². The van der Waals surface area contributed by atoms with E-state index in [1.165, 1.54) is 0 Å². The van der Waals surface area contributed by atoms with Crippen LogP contribution in [0.3, 0.4) is 0 Å². The molecule has 0 saturated carbocycles. The highest BCUT2D eigenvalue weighted by Crippen LogP contribution is 2.27. The van der Waals surface area contributed by atoms with Crippen molar-refractivity contribution in [3.8, 4) is 6.07 Å². The summed E-state index contributed by atoms with van der Waals surface area (Å²) < 4.78 is 1.10. The number of hydrogen-bond donors (Lipinski definition) is 0. The Labute approximate surface area is 133 Å². The first-order chi connectivity index (χ1) is 10.8. The number of rotatable bonds is 3. The fourth-order valence-electron chi connectivity index (χ4n) is 2.21. The van der Waals surface area contributed by atoms with Crippen molar-refractivity contribution in [2.24, 2.45) is 0 Å². The van der Waals surface area contributed by atoms with Crippen molar-refractivity contribution < 1.29 is 0 Å². The van der Waals surface area contributed by atoms with Gasteiger partial charge in [-0.2, -0.15) is 5.26 Å². The molecule has 3 heteroatoms. The summed E-state index contributed by atoms with van der Waals surface area (Å²) in [5, 5.41) is 10.2. The van der Waals surface area contributed by atoms with Gasteiger partial charge in [0.25, 0.3) is 0 Å². The van der Waals surface area contributed by atoms with Crippen LogP contribution in [-0.2, 0) is 0 Å². The number of nitriles is 1. The smallest absolute Gasteiger partial charge is 0.135 e. The highest BCUT2D eigenvalue weighted by atomic mass is 32.1. The normalized spacial score (nSPS) is 12.4. The van der Waals surface area contributed by atoms with Gasteiger partial charge in [-0.15, -0.1) is 11.3 Å². The average Bonchev–Trinajstić information content (AvgIpc) is 2.97. The number of aromatic nitrogens is 1. The molecule has 0 spiro atoms. The molecule has 3 aromatic rings. The summed E-state index contributed by atoms with van der Waals surface area (Å²) in [6, 6.07) is 20.3. The van der Waals surface area contributed by atoms with E-state index < -0.39 is 0 Å². The summed E-state index contributed by atoms with van der Waals surface area (Å²) in [6.07, 6.45) is 3.95. The highest BCUT2D eigenvalue weighted by molar-refractivity contribution is 7.19. The van der Waals surface area contributed by atoms with E-state index in [9.17, 15) is 5.26 Å². The van der Waals surface area contributed by atoms with Crippen molar-refractivity contribution in [2.75, 3.05) is 0 Å². The number of allylic oxidation sites excluding steroid dienone is 3. The second kappa shape index (κ2) is 6.38. The Kier molecular flexibility index (Phi) is 4.13. The Morgan fingerprint density at radius 2 is 1.82 bits per heavy atom. The third-order valence-electron chi connectivity index (χ3n) is 3.21. The maximum Gasteiger partial charge on any atom is 0.135 e. The summed E-state index contributed by atoms with van der Waals surface area (Å²) in [5.74, 6) is 0. The fourth-order valence-corrected chi connectivity index (χ4v) is 3.14. The molecule has 0 fully saturated rings. The molecule has 0 saturated heterocycles. The minimum Gasteiger partial charge on any atom is -0.235 e. The topological polar surface area (TPSA) is 36.7 Å². The Bertz CT molecular complexity index is 863. The largest absolute Gasteiger partial charge is 0.235 e. The van der Waals surface area contributed by atoms with Gasteiger partial charge in [-0.1, -0.05) is 48.5 Å². The third-order valence-corrected chi connectivity index (χ3v) is 4.28. The van der Waals surface area contributed by atoms with E-state index in [1.807, 2.05) is 67.6 Å². The van der Waals surface area contributed by atoms with E-state index in [0.29, 0.717) is 5.57 Å². The number of benzene rings is 2. The maximum absolute atomic E-state index is 9.44. The number of hydrogen-bond acceptors (Lipinski definition) is 3. The molecule has 0 aliphatic carbocycles. The molecule has 2 nitrogen and oxygen atoms in total. The van der Waals surface area contributed by atoms with Crippen molar-refractivity contribution in [3.63, 3.8) is 0 Å². The summed E-state index contributed by atoms with van der Waals surface area (Å²) in [7, 11) is 0.